The first-order valence-electron chi connectivity index (χ1n) is 13.6. The molecule has 0 bridgehead atoms. The van der Waals surface area contributed by atoms with Gasteiger partial charge in [-0.25, -0.2) is 0 Å². The molecule has 0 spiro atoms. The van der Waals surface area contributed by atoms with E-state index in [9.17, 15) is 4.79 Å². The lowest BCUT2D eigenvalue weighted by molar-refractivity contribution is 0.0519. The maximum absolute atomic E-state index is 12.0. The van der Waals surface area contributed by atoms with Crippen molar-refractivity contribution in [3.63, 3.8) is 0 Å². The zero-order valence-electron chi connectivity index (χ0n) is 23.5. The molecule has 3 aromatic rings. The summed E-state index contributed by atoms with van der Waals surface area (Å²) in [7, 11) is 3.19. The summed E-state index contributed by atoms with van der Waals surface area (Å²) < 4.78 is 21.9. The number of anilines is 4. The van der Waals surface area contributed by atoms with Gasteiger partial charge in [-0.15, -0.1) is 0 Å². The van der Waals surface area contributed by atoms with Gasteiger partial charge >= 0.3 is 0 Å². The standard InChI is InChI=1S/C28H38N8O5/c1-38-23-9-8-22(20-24(23)39-2)32-27-33-26(34-28(35-27)36-14-10-29-11-15-36)31-13-17-41-19-18-40-16-12-30-25(37)21-6-4-3-5-7-21/h3-9,20,29H,10-19H2,1-2H3,(H,30,37)(H2,31,32,33,34,35). The molecule has 4 N–H and O–H groups in total. The number of nitrogens with zero attached hydrogens (tertiary/aromatic N) is 4. The van der Waals surface area contributed by atoms with Crippen molar-refractivity contribution in [2.75, 3.05) is 95.4 Å². The molecule has 2 aromatic carbocycles. The molecule has 41 heavy (non-hydrogen) atoms. The summed E-state index contributed by atoms with van der Waals surface area (Å²) in [5, 5.41) is 12.6. The number of ether oxygens (including phenoxy) is 4. The summed E-state index contributed by atoms with van der Waals surface area (Å²) in [6, 6.07) is 14.6. The first kappa shape index (κ1) is 29.8. The Labute approximate surface area is 240 Å². The summed E-state index contributed by atoms with van der Waals surface area (Å²) >= 11 is 0. The van der Waals surface area contributed by atoms with Gasteiger partial charge in [0.2, 0.25) is 17.8 Å². The molecule has 2 heterocycles. The molecule has 1 aliphatic heterocycles. The van der Waals surface area contributed by atoms with Gasteiger partial charge in [0.25, 0.3) is 5.91 Å². The van der Waals surface area contributed by atoms with Crippen LogP contribution >= 0.6 is 0 Å². The molecule has 13 nitrogen and oxygen atoms in total. The molecule has 1 amide bonds. The fourth-order valence-electron chi connectivity index (χ4n) is 4.03. The van der Waals surface area contributed by atoms with E-state index < -0.39 is 0 Å². The van der Waals surface area contributed by atoms with Gasteiger partial charge in [-0.1, -0.05) is 18.2 Å². The number of aromatic nitrogens is 3. The van der Waals surface area contributed by atoms with Gasteiger partial charge in [0.1, 0.15) is 0 Å². The highest BCUT2D eigenvalue weighted by atomic mass is 16.5. The smallest absolute Gasteiger partial charge is 0.251 e. The molecule has 0 atom stereocenters. The lowest BCUT2D eigenvalue weighted by atomic mass is 10.2. The zero-order valence-corrected chi connectivity index (χ0v) is 23.5. The zero-order chi connectivity index (χ0) is 28.7. The van der Waals surface area contributed by atoms with Crippen LogP contribution in [-0.4, -0.2) is 101 Å². The number of hydrogen-bond donors (Lipinski definition) is 4. The van der Waals surface area contributed by atoms with E-state index in [2.05, 4.69) is 41.1 Å². The number of amides is 1. The van der Waals surface area contributed by atoms with Crippen molar-refractivity contribution in [1.82, 2.24) is 25.6 Å². The number of rotatable bonds is 16. The Bertz CT molecular complexity index is 1230. The van der Waals surface area contributed by atoms with Crippen LogP contribution in [0, 0.1) is 0 Å². The molecule has 0 radical (unpaired) electrons. The van der Waals surface area contributed by atoms with E-state index in [1.807, 2.05) is 36.4 Å². The minimum Gasteiger partial charge on any atom is -0.493 e. The average Bonchev–Trinajstić information content (AvgIpc) is 3.02. The number of benzene rings is 2. The van der Waals surface area contributed by atoms with E-state index in [1.54, 1.807) is 26.4 Å². The van der Waals surface area contributed by atoms with Gasteiger partial charge in [0.15, 0.2) is 11.5 Å². The predicted octanol–water partition coefficient (Wildman–Crippen LogP) is 1.92. The maximum atomic E-state index is 12.0. The van der Waals surface area contributed by atoms with E-state index in [0.717, 1.165) is 31.9 Å². The van der Waals surface area contributed by atoms with Gasteiger partial charge in [0.05, 0.1) is 40.6 Å². The molecular weight excluding hydrogens is 528 g/mol. The first-order valence-corrected chi connectivity index (χ1v) is 13.6. The minimum atomic E-state index is -0.114. The third kappa shape index (κ3) is 9.45. The quantitative estimate of drug-likeness (QED) is 0.188. The predicted molar refractivity (Wildman–Crippen MR) is 157 cm³/mol. The minimum absolute atomic E-state index is 0.114. The van der Waals surface area contributed by atoms with Crippen molar-refractivity contribution in [3.8, 4) is 11.5 Å². The van der Waals surface area contributed by atoms with Gasteiger partial charge in [-0.2, -0.15) is 15.0 Å². The van der Waals surface area contributed by atoms with E-state index in [-0.39, 0.29) is 5.91 Å². The average molecular weight is 567 g/mol. The molecule has 13 heteroatoms. The second-order valence-corrected chi connectivity index (χ2v) is 8.99. The second kappa shape index (κ2) is 16.2. The van der Waals surface area contributed by atoms with Gasteiger partial charge < -0.3 is 45.1 Å². The fraction of sp³-hybridized carbons (Fsp3) is 0.429. The van der Waals surface area contributed by atoms with Gasteiger partial charge in [0, 0.05) is 56.6 Å². The number of carbonyl (C=O) groups excluding carboxylic acids is 1. The molecule has 0 saturated carbocycles. The highest BCUT2D eigenvalue weighted by Gasteiger charge is 2.16. The normalized spacial score (nSPS) is 13.0. The van der Waals surface area contributed by atoms with Crippen molar-refractivity contribution < 1.29 is 23.7 Å². The Hall–Kier alpha value is -4.20. The van der Waals surface area contributed by atoms with E-state index in [0.29, 0.717) is 74.4 Å². The van der Waals surface area contributed by atoms with Crippen LogP contribution in [0.2, 0.25) is 0 Å². The molecule has 220 valence electrons. The maximum Gasteiger partial charge on any atom is 0.251 e. The topological polar surface area (TPSA) is 144 Å². The summed E-state index contributed by atoms with van der Waals surface area (Å²) in [4.78, 5) is 28.0. The lowest BCUT2D eigenvalue weighted by Crippen LogP contribution is -2.44. The van der Waals surface area contributed by atoms with Crippen LogP contribution in [0.3, 0.4) is 0 Å². The number of hydrogen-bond acceptors (Lipinski definition) is 12. The highest BCUT2D eigenvalue weighted by Crippen LogP contribution is 2.31. The van der Waals surface area contributed by atoms with Crippen molar-refractivity contribution in [2.45, 2.75) is 0 Å². The first-order chi connectivity index (χ1) is 20.2. The Morgan fingerprint density at radius 3 is 2.29 bits per heavy atom. The summed E-state index contributed by atoms with van der Waals surface area (Å²) in [5.74, 6) is 2.59. The molecule has 4 rings (SSSR count). The van der Waals surface area contributed by atoms with Crippen LogP contribution in [0.1, 0.15) is 10.4 Å². The molecule has 1 saturated heterocycles. The van der Waals surface area contributed by atoms with Crippen LogP contribution in [0.5, 0.6) is 11.5 Å². The number of piperazine rings is 1. The van der Waals surface area contributed by atoms with Crippen molar-refractivity contribution in [2.24, 2.45) is 0 Å². The largest absolute Gasteiger partial charge is 0.493 e. The van der Waals surface area contributed by atoms with E-state index >= 15 is 0 Å². The molecule has 1 fully saturated rings. The monoisotopic (exact) mass is 566 g/mol. The lowest BCUT2D eigenvalue weighted by Gasteiger charge is -2.27. The molecule has 1 aliphatic rings. The Morgan fingerprint density at radius 1 is 0.854 bits per heavy atom. The third-order valence-corrected chi connectivity index (χ3v) is 6.13. The SMILES string of the molecule is COc1ccc(Nc2nc(NCCOCCOCCNC(=O)c3ccccc3)nc(N3CCNCC3)n2)cc1OC. The summed E-state index contributed by atoms with van der Waals surface area (Å²) in [6.07, 6.45) is 0. The van der Waals surface area contributed by atoms with Gasteiger partial charge in [-0.3, -0.25) is 4.79 Å². The molecular formula is C28H38N8O5. The van der Waals surface area contributed by atoms with Crippen LogP contribution in [0.4, 0.5) is 23.5 Å². The van der Waals surface area contributed by atoms with Crippen molar-refractivity contribution >= 4 is 29.4 Å². The Morgan fingerprint density at radius 2 is 1.56 bits per heavy atom. The van der Waals surface area contributed by atoms with Crippen molar-refractivity contribution in [1.29, 1.82) is 0 Å². The third-order valence-electron chi connectivity index (χ3n) is 6.13. The summed E-state index contributed by atoms with van der Waals surface area (Å²) in [6.45, 7) is 6.00. The Balaban J connectivity index is 1.21. The fourth-order valence-corrected chi connectivity index (χ4v) is 4.03. The number of nitrogens with one attached hydrogen (secondary N) is 4. The van der Waals surface area contributed by atoms with Gasteiger partial charge in [-0.05, 0) is 24.3 Å². The second-order valence-electron chi connectivity index (χ2n) is 8.99. The van der Waals surface area contributed by atoms with Crippen molar-refractivity contribution in [3.05, 3.63) is 54.1 Å². The van der Waals surface area contributed by atoms with E-state index in [1.165, 1.54) is 0 Å². The molecule has 0 aliphatic carbocycles. The Kier molecular flexibility index (Phi) is 11.7. The van der Waals surface area contributed by atoms with Crippen LogP contribution < -0.4 is 35.6 Å². The highest BCUT2D eigenvalue weighted by molar-refractivity contribution is 5.94. The molecule has 1 aromatic heterocycles. The van der Waals surface area contributed by atoms with Crippen LogP contribution in [-0.2, 0) is 9.47 Å². The summed E-state index contributed by atoms with van der Waals surface area (Å²) in [5.41, 5.74) is 1.39. The number of methoxy groups -OCH3 is 2. The van der Waals surface area contributed by atoms with Crippen LogP contribution in [0.25, 0.3) is 0 Å². The van der Waals surface area contributed by atoms with Crippen LogP contribution in [0.15, 0.2) is 48.5 Å². The van der Waals surface area contributed by atoms with E-state index in [4.69, 9.17) is 18.9 Å². The molecule has 0 unspecified atom stereocenters. The number of carbonyl (C=O) groups is 1.